The summed E-state index contributed by atoms with van der Waals surface area (Å²) in [6.45, 7) is 0. The largest absolute Gasteiger partial charge is 1.00 e. The maximum Gasteiger partial charge on any atom is 1.00 e. The van der Waals surface area contributed by atoms with E-state index in [1.54, 1.807) is 0 Å². The minimum absolute atomic E-state index is 0. The van der Waals surface area contributed by atoms with Gasteiger partial charge in [-0.05, 0) is 14.8 Å². The monoisotopic (exact) mass is 217 g/mol. The van der Waals surface area contributed by atoms with Crippen molar-refractivity contribution in [3.63, 3.8) is 0 Å². The molecular weight excluding hydrogens is 216 g/mol. The molecule has 0 amide bonds. The summed E-state index contributed by atoms with van der Waals surface area (Å²) in [6.07, 6.45) is 0. The molecule has 0 spiro atoms. The number of hydrogen-bond acceptors (Lipinski definition) is 9. The Labute approximate surface area is 80.5 Å². The van der Waals surface area contributed by atoms with Crippen molar-refractivity contribution in [1.29, 1.82) is 0 Å². The molecule has 1 aromatic rings. The van der Waals surface area contributed by atoms with Crippen LogP contribution in [0.1, 0.15) is 1.43 Å². The molecule has 0 unspecified atom stereocenters. The van der Waals surface area contributed by atoms with Gasteiger partial charge in [-0.3, -0.25) is 0 Å². The van der Waals surface area contributed by atoms with Crippen LogP contribution < -0.4 is 0 Å². The summed E-state index contributed by atoms with van der Waals surface area (Å²) in [7, 11) is 0. The van der Waals surface area contributed by atoms with Crippen molar-refractivity contribution in [1.82, 2.24) is 15.0 Å². The van der Waals surface area contributed by atoms with Crippen LogP contribution in [0.25, 0.3) is 0 Å². The Balaban J connectivity index is 0.00000225. The lowest BCUT2D eigenvalue weighted by Crippen LogP contribution is -2.06. The van der Waals surface area contributed by atoms with E-state index in [0.29, 0.717) is 0 Å². The third-order valence-corrected chi connectivity index (χ3v) is 1.09. The van der Waals surface area contributed by atoms with E-state index in [4.69, 9.17) is 0 Å². The fourth-order valence-electron chi connectivity index (χ4n) is 0.588. The number of aromatic nitrogens is 3. The third-order valence-electron chi connectivity index (χ3n) is 1.09. The van der Waals surface area contributed by atoms with Gasteiger partial charge in [0.1, 0.15) is 0 Å². The van der Waals surface area contributed by atoms with Crippen molar-refractivity contribution in [2.24, 2.45) is 0 Å². The Hall–Kier alpha value is -2.79. The van der Waals surface area contributed by atoms with Crippen LogP contribution in [0.2, 0.25) is 0 Å². The molecule has 0 saturated carbocycles. The number of hydrogen-bond donors (Lipinski definition) is 0. The summed E-state index contributed by atoms with van der Waals surface area (Å²) < 4.78 is 0. The van der Waals surface area contributed by atoms with Gasteiger partial charge in [0.05, 0.1) is 0 Å². The quantitative estimate of drug-likeness (QED) is 0.487. The molecule has 0 aliphatic carbocycles. The summed E-state index contributed by atoms with van der Waals surface area (Å²) >= 11 is 0. The zero-order chi connectivity index (χ0) is 11.6. The Morgan fingerprint density at radius 2 is 0.933 bits per heavy atom. The Kier molecular flexibility index (Phi) is 2.42. The van der Waals surface area contributed by atoms with Gasteiger partial charge in [-0.25, -0.2) is 0 Å². The van der Waals surface area contributed by atoms with Crippen LogP contribution in [-0.4, -0.2) is 29.7 Å². The first-order valence-electron chi connectivity index (χ1n) is 3.11. The van der Waals surface area contributed by atoms with E-state index in [1.807, 2.05) is 0 Å². The van der Waals surface area contributed by atoms with E-state index in [-0.39, 0.29) is 1.43 Å². The van der Waals surface area contributed by atoms with E-state index >= 15 is 0 Å². The zero-order valence-electron chi connectivity index (χ0n) is 7.63. The van der Waals surface area contributed by atoms with E-state index in [2.05, 4.69) is 15.0 Å². The normalized spacial score (nSPS) is 9.60. The standard InChI is InChI=1S/C3N6O6/c10-7(11)1-4-2(8(12)13)6-3(5-1)9(14)15/p+1. The van der Waals surface area contributed by atoms with Gasteiger partial charge in [0.15, 0.2) is 0 Å². The molecule has 0 aromatic carbocycles. The minimum Gasteiger partial charge on any atom is -0.390 e. The van der Waals surface area contributed by atoms with Gasteiger partial charge in [0.25, 0.3) is 0 Å². The average molecular weight is 217 g/mol. The van der Waals surface area contributed by atoms with E-state index in [0.717, 1.165) is 0 Å². The van der Waals surface area contributed by atoms with Crippen LogP contribution >= 0.6 is 0 Å². The van der Waals surface area contributed by atoms with Crippen LogP contribution in [0.3, 0.4) is 0 Å². The summed E-state index contributed by atoms with van der Waals surface area (Å²) in [5.41, 5.74) is 0. The lowest BCUT2D eigenvalue weighted by atomic mass is 10.8. The van der Waals surface area contributed by atoms with Crippen LogP contribution in [0.4, 0.5) is 17.8 Å². The van der Waals surface area contributed by atoms with Crippen LogP contribution in [0.5, 0.6) is 0 Å². The SMILES string of the molecule is O=[N+]([O-])c1nc([N+](=O)[O-])nc([N+](=O)[O-])n1.[H+]. The second-order valence-corrected chi connectivity index (χ2v) is 2.01. The molecular formula is C3HN6O6+. The van der Waals surface area contributed by atoms with Gasteiger partial charge in [-0.2, -0.15) is 0 Å². The van der Waals surface area contributed by atoms with Crippen LogP contribution in [0, 0.1) is 30.3 Å². The second-order valence-electron chi connectivity index (χ2n) is 2.01. The van der Waals surface area contributed by atoms with Gasteiger partial charge in [-0.15, -0.1) is 0 Å². The van der Waals surface area contributed by atoms with Gasteiger partial charge < -0.3 is 30.3 Å². The van der Waals surface area contributed by atoms with Gasteiger partial charge in [-0.1, -0.05) is 0 Å². The predicted molar refractivity (Wildman–Crippen MR) is 40.9 cm³/mol. The van der Waals surface area contributed by atoms with Crippen molar-refractivity contribution >= 4 is 17.8 Å². The molecule has 12 heteroatoms. The highest BCUT2D eigenvalue weighted by Gasteiger charge is 2.26. The molecule has 0 N–H and O–H groups in total. The van der Waals surface area contributed by atoms with E-state index in [1.165, 1.54) is 0 Å². The molecule has 1 rings (SSSR count). The number of nitrogens with zero attached hydrogens (tertiary/aromatic N) is 6. The van der Waals surface area contributed by atoms with Gasteiger partial charge in [0.2, 0.25) is 0 Å². The van der Waals surface area contributed by atoms with Gasteiger partial charge in [0, 0.05) is 15.0 Å². The first-order valence-corrected chi connectivity index (χ1v) is 3.11. The van der Waals surface area contributed by atoms with Crippen molar-refractivity contribution in [3.8, 4) is 0 Å². The maximum absolute atomic E-state index is 10.2. The number of nitro groups is 3. The molecule has 0 aliphatic heterocycles. The van der Waals surface area contributed by atoms with Crippen LogP contribution in [-0.2, 0) is 0 Å². The fraction of sp³-hybridized carbons (Fsp3) is 0. The fourth-order valence-corrected chi connectivity index (χ4v) is 0.588. The second kappa shape index (κ2) is 3.52. The maximum atomic E-state index is 10.2. The number of rotatable bonds is 3. The molecule has 0 atom stereocenters. The molecule has 78 valence electrons. The van der Waals surface area contributed by atoms with E-state index in [9.17, 15) is 30.3 Å². The highest BCUT2D eigenvalue weighted by Crippen LogP contribution is 2.13. The summed E-state index contributed by atoms with van der Waals surface area (Å²) in [5.74, 6) is -3.74. The summed E-state index contributed by atoms with van der Waals surface area (Å²) in [4.78, 5) is 35.3. The van der Waals surface area contributed by atoms with Crippen molar-refractivity contribution in [2.75, 3.05) is 0 Å². The topological polar surface area (TPSA) is 168 Å². The Morgan fingerprint density at radius 3 is 1.07 bits per heavy atom. The smallest absolute Gasteiger partial charge is 0.390 e. The third kappa shape index (κ3) is 2.11. The van der Waals surface area contributed by atoms with Crippen molar-refractivity contribution in [3.05, 3.63) is 30.3 Å². The molecule has 0 bridgehead atoms. The highest BCUT2D eigenvalue weighted by atomic mass is 16.6. The molecule has 0 aliphatic rings. The lowest BCUT2D eigenvalue weighted by molar-refractivity contribution is -0.422. The van der Waals surface area contributed by atoms with Gasteiger partial charge >= 0.3 is 19.3 Å². The Morgan fingerprint density at radius 1 is 0.733 bits per heavy atom. The van der Waals surface area contributed by atoms with Crippen molar-refractivity contribution in [2.45, 2.75) is 0 Å². The first-order chi connectivity index (χ1) is 6.91. The van der Waals surface area contributed by atoms with Crippen LogP contribution in [0.15, 0.2) is 0 Å². The first kappa shape index (κ1) is 10.3. The van der Waals surface area contributed by atoms with E-state index < -0.39 is 32.6 Å². The average Bonchev–Trinajstić information content (AvgIpc) is 2.16. The molecule has 0 radical (unpaired) electrons. The molecule has 0 saturated heterocycles. The molecule has 1 heterocycles. The Bertz CT molecular complexity index is 383. The highest BCUT2D eigenvalue weighted by molar-refractivity contribution is 5.21. The lowest BCUT2D eigenvalue weighted by Gasteiger charge is -1.95. The molecule has 15 heavy (non-hydrogen) atoms. The van der Waals surface area contributed by atoms with Crippen molar-refractivity contribution < 1.29 is 16.2 Å². The zero-order valence-corrected chi connectivity index (χ0v) is 6.63. The summed E-state index contributed by atoms with van der Waals surface area (Å²) in [6, 6.07) is 0. The molecule has 1 aromatic heterocycles. The molecule has 0 fully saturated rings. The predicted octanol–water partition coefficient (Wildman–Crippen LogP) is -0.291. The minimum atomic E-state index is -1.25. The summed E-state index contributed by atoms with van der Waals surface area (Å²) in [5, 5.41) is 30.5. The molecule has 12 nitrogen and oxygen atoms in total.